The summed E-state index contributed by atoms with van der Waals surface area (Å²) in [6.07, 6.45) is 3.30. The van der Waals surface area contributed by atoms with Gasteiger partial charge in [-0.15, -0.1) is 0 Å². The van der Waals surface area contributed by atoms with Crippen molar-refractivity contribution in [2.45, 2.75) is 30.2 Å². The van der Waals surface area contributed by atoms with Crippen LogP contribution in [0, 0.1) is 16.0 Å². The molecule has 2 fully saturated rings. The van der Waals surface area contributed by atoms with Gasteiger partial charge in [0, 0.05) is 31.2 Å². The zero-order valence-electron chi connectivity index (χ0n) is 14.5. The van der Waals surface area contributed by atoms with Gasteiger partial charge in [0.25, 0.3) is 5.69 Å². The first-order chi connectivity index (χ1) is 12.4. The minimum Gasteiger partial charge on any atom is -0.381 e. The van der Waals surface area contributed by atoms with Crippen molar-refractivity contribution in [1.82, 2.24) is 4.90 Å². The molecule has 2 heterocycles. The number of nitrogens with two attached hydrogens (primary N) is 1. The van der Waals surface area contributed by atoms with E-state index in [-0.39, 0.29) is 16.6 Å². The number of hydrogen-bond donors (Lipinski definition) is 2. The second-order valence-electron chi connectivity index (χ2n) is 6.80. The predicted octanol–water partition coefficient (Wildman–Crippen LogP) is 1.16. The maximum absolute atomic E-state index is 11.4. The highest BCUT2D eigenvalue weighted by atomic mass is 32.2. The van der Waals surface area contributed by atoms with Crippen LogP contribution in [-0.2, 0) is 14.8 Å². The third-order valence-electron chi connectivity index (χ3n) is 5.11. The summed E-state index contributed by atoms with van der Waals surface area (Å²) in [7, 11) is -3.99. The Morgan fingerprint density at radius 1 is 1.38 bits per heavy atom. The molecule has 0 aromatic heterocycles. The molecule has 2 aliphatic rings. The number of primary sulfonamides is 1. The molecule has 1 aromatic carbocycles. The van der Waals surface area contributed by atoms with E-state index in [0.717, 1.165) is 45.0 Å². The van der Waals surface area contributed by atoms with Crippen LogP contribution in [0.1, 0.15) is 19.3 Å². The Morgan fingerprint density at radius 3 is 2.69 bits per heavy atom. The lowest BCUT2D eigenvalue weighted by atomic mass is 9.97. The van der Waals surface area contributed by atoms with Crippen LogP contribution in [0.25, 0.3) is 0 Å². The van der Waals surface area contributed by atoms with Crippen molar-refractivity contribution in [2.75, 3.05) is 38.2 Å². The third kappa shape index (κ3) is 4.32. The van der Waals surface area contributed by atoms with Crippen LogP contribution in [0.5, 0.6) is 0 Å². The number of sulfonamides is 1. The van der Waals surface area contributed by atoms with Crippen LogP contribution < -0.4 is 10.5 Å². The van der Waals surface area contributed by atoms with E-state index in [2.05, 4.69) is 10.2 Å². The van der Waals surface area contributed by atoms with Gasteiger partial charge in [0.2, 0.25) is 10.0 Å². The molecule has 0 bridgehead atoms. The highest BCUT2D eigenvalue weighted by molar-refractivity contribution is 7.89. The zero-order chi connectivity index (χ0) is 18.7. The van der Waals surface area contributed by atoms with E-state index in [4.69, 9.17) is 9.88 Å². The number of nitrogens with zero attached hydrogens (tertiary/aromatic N) is 2. The highest BCUT2D eigenvalue weighted by Crippen LogP contribution is 2.29. The van der Waals surface area contributed by atoms with Gasteiger partial charge in [-0.25, -0.2) is 13.6 Å². The van der Waals surface area contributed by atoms with Crippen LogP contribution in [0.3, 0.4) is 0 Å². The van der Waals surface area contributed by atoms with Gasteiger partial charge in [0.15, 0.2) is 0 Å². The summed E-state index contributed by atoms with van der Waals surface area (Å²) < 4.78 is 28.4. The predicted molar refractivity (Wildman–Crippen MR) is 96.5 cm³/mol. The van der Waals surface area contributed by atoms with E-state index in [0.29, 0.717) is 24.8 Å². The number of anilines is 1. The summed E-state index contributed by atoms with van der Waals surface area (Å²) in [6, 6.07) is 3.93. The van der Waals surface area contributed by atoms with Crippen LogP contribution in [0.15, 0.2) is 23.1 Å². The standard InChI is InChI=1S/C16H24N4O5S/c17-26(23,24)13-3-4-14(15(9-13)20(21)22)18-10-16(12-5-8-25-11-12)19-6-1-2-7-19/h3-4,9,12,16,18H,1-2,5-8,10-11H2,(H2,17,23,24)/t12-,16+/m0/s1. The second-order valence-corrected chi connectivity index (χ2v) is 8.36. The van der Waals surface area contributed by atoms with Crippen molar-refractivity contribution < 1.29 is 18.1 Å². The Morgan fingerprint density at radius 2 is 2.12 bits per heavy atom. The summed E-state index contributed by atoms with van der Waals surface area (Å²) >= 11 is 0. The minimum absolute atomic E-state index is 0.234. The number of likely N-dealkylation sites (tertiary alicyclic amines) is 1. The second kappa shape index (κ2) is 7.87. The SMILES string of the molecule is NS(=O)(=O)c1ccc(NC[C@H]([C@H]2CCOC2)N2CCCC2)c([N+](=O)[O-])c1. The molecular formula is C16H24N4O5S. The van der Waals surface area contributed by atoms with Gasteiger partial charge in [-0.1, -0.05) is 0 Å². The van der Waals surface area contributed by atoms with E-state index in [9.17, 15) is 18.5 Å². The molecule has 9 nitrogen and oxygen atoms in total. The Bertz CT molecular complexity index is 742. The Hall–Kier alpha value is -1.75. The zero-order valence-corrected chi connectivity index (χ0v) is 15.3. The molecule has 0 radical (unpaired) electrons. The molecule has 0 spiro atoms. The molecular weight excluding hydrogens is 360 g/mol. The summed E-state index contributed by atoms with van der Waals surface area (Å²) in [6.45, 7) is 4.04. The Kier molecular flexibility index (Phi) is 5.76. The molecule has 2 atom stereocenters. The molecule has 2 saturated heterocycles. The molecule has 1 aromatic rings. The first-order valence-electron chi connectivity index (χ1n) is 8.73. The van der Waals surface area contributed by atoms with Gasteiger partial charge in [0.05, 0.1) is 16.4 Å². The first-order valence-corrected chi connectivity index (χ1v) is 10.3. The van der Waals surface area contributed by atoms with Crippen molar-refractivity contribution in [3.8, 4) is 0 Å². The lowest BCUT2D eigenvalue weighted by Gasteiger charge is -2.32. The van der Waals surface area contributed by atoms with Crippen LogP contribution >= 0.6 is 0 Å². The highest BCUT2D eigenvalue weighted by Gasteiger charge is 2.32. The van der Waals surface area contributed by atoms with Crippen LogP contribution in [0.2, 0.25) is 0 Å². The number of benzene rings is 1. The fraction of sp³-hybridized carbons (Fsp3) is 0.625. The monoisotopic (exact) mass is 384 g/mol. The first kappa shape index (κ1) is 19.0. The Labute approximate surface area is 152 Å². The number of nitro benzene ring substituents is 1. The minimum atomic E-state index is -3.99. The fourth-order valence-corrected chi connectivity index (χ4v) is 4.26. The molecule has 3 rings (SSSR count). The fourth-order valence-electron chi connectivity index (χ4n) is 3.73. The van der Waals surface area contributed by atoms with E-state index in [1.54, 1.807) is 0 Å². The van der Waals surface area contributed by atoms with E-state index < -0.39 is 14.9 Å². The summed E-state index contributed by atoms with van der Waals surface area (Å²) in [4.78, 5) is 12.9. The smallest absolute Gasteiger partial charge is 0.293 e. The largest absolute Gasteiger partial charge is 0.381 e. The van der Waals surface area contributed by atoms with E-state index in [1.165, 1.54) is 12.1 Å². The molecule has 144 valence electrons. The Balaban J connectivity index is 1.79. The van der Waals surface area contributed by atoms with Gasteiger partial charge in [-0.3, -0.25) is 15.0 Å². The number of rotatable bonds is 7. The number of hydrogen-bond acceptors (Lipinski definition) is 7. The topological polar surface area (TPSA) is 128 Å². The van der Waals surface area contributed by atoms with Crippen molar-refractivity contribution in [2.24, 2.45) is 11.1 Å². The summed E-state index contributed by atoms with van der Waals surface area (Å²) in [5.41, 5.74) is 0.00452. The van der Waals surface area contributed by atoms with E-state index >= 15 is 0 Å². The number of nitrogens with one attached hydrogen (secondary N) is 1. The third-order valence-corrected chi connectivity index (χ3v) is 6.03. The molecule has 10 heteroatoms. The normalized spacial score (nSPS) is 22.4. The van der Waals surface area contributed by atoms with Crippen molar-refractivity contribution in [3.05, 3.63) is 28.3 Å². The molecule has 0 unspecified atom stereocenters. The van der Waals surface area contributed by atoms with Gasteiger partial charge < -0.3 is 10.1 Å². The van der Waals surface area contributed by atoms with Crippen LogP contribution in [-0.4, -0.2) is 57.1 Å². The quantitative estimate of drug-likeness (QED) is 0.533. The van der Waals surface area contributed by atoms with E-state index in [1.807, 2.05) is 0 Å². The molecule has 2 aliphatic heterocycles. The van der Waals surface area contributed by atoms with Crippen molar-refractivity contribution in [1.29, 1.82) is 0 Å². The molecule has 26 heavy (non-hydrogen) atoms. The van der Waals surface area contributed by atoms with Crippen molar-refractivity contribution in [3.63, 3.8) is 0 Å². The average molecular weight is 384 g/mol. The molecule has 0 aliphatic carbocycles. The van der Waals surface area contributed by atoms with Crippen LogP contribution in [0.4, 0.5) is 11.4 Å². The maximum atomic E-state index is 11.4. The average Bonchev–Trinajstić information content (AvgIpc) is 3.28. The summed E-state index contributed by atoms with van der Waals surface area (Å²) in [5, 5.41) is 19.6. The lowest BCUT2D eigenvalue weighted by molar-refractivity contribution is -0.384. The summed E-state index contributed by atoms with van der Waals surface area (Å²) in [5.74, 6) is 0.392. The number of ether oxygens (including phenoxy) is 1. The molecule has 3 N–H and O–H groups in total. The molecule has 0 amide bonds. The van der Waals surface area contributed by atoms with Gasteiger partial charge in [-0.05, 0) is 44.5 Å². The van der Waals surface area contributed by atoms with Gasteiger partial charge in [-0.2, -0.15) is 0 Å². The molecule has 0 saturated carbocycles. The lowest BCUT2D eigenvalue weighted by Crippen LogP contribution is -2.44. The maximum Gasteiger partial charge on any atom is 0.293 e. The number of nitro groups is 1. The van der Waals surface area contributed by atoms with Crippen molar-refractivity contribution >= 4 is 21.4 Å². The van der Waals surface area contributed by atoms with Gasteiger partial charge >= 0.3 is 0 Å². The van der Waals surface area contributed by atoms with Gasteiger partial charge in [0.1, 0.15) is 5.69 Å².